The Morgan fingerprint density at radius 1 is 1.15 bits per heavy atom. The number of primary amides is 1. The first-order valence-electron chi connectivity index (χ1n) is 8.02. The van der Waals surface area contributed by atoms with Crippen molar-refractivity contribution in [1.82, 2.24) is 4.98 Å². The zero-order chi connectivity index (χ0) is 19.2. The Bertz CT molecular complexity index is 957. The number of para-hydroxylation sites is 1. The van der Waals surface area contributed by atoms with Gasteiger partial charge in [-0.15, -0.1) is 11.3 Å². The molecule has 0 fully saturated rings. The molecule has 3 N–H and O–H groups in total. The SMILES string of the molecule is NC(=O)COc1ccccc1C(=O)Nc1ncc(Cc2ccc(F)cc2)s1. The van der Waals surface area contributed by atoms with Crippen molar-refractivity contribution in [3.63, 3.8) is 0 Å². The number of carbonyl (C=O) groups is 2. The lowest BCUT2D eigenvalue weighted by atomic mass is 10.1. The third-order valence-electron chi connectivity index (χ3n) is 3.57. The zero-order valence-corrected chi connectivity index (χ0v) is 15.0. The number of nitrogens with one attached hydrogen (secondary N) is 1. The molecule has 1 aromatic heterocycles. The maximum absolute atomic E-state index is 13.0. The first-order valence-corrected chi connectivity index (χ1v) is 8.83. The maximum Gasteiger partial charge on any atom is 0.261 e. The van der Waals surface area contributed by atoms with Gasteiger partial charge in [0.1, 0.15) is 11.6 Å². The number of carbonyl (C=O) groups excluding carboxylic acids is 2. The van der Waals surface area contributed by atoms with Crippen LogP contribution in [0, 0.1) is 5.82 Å². The molecule has 0 radical (unpaired) electrons. The van der Waals surface area contributed by atoms with Crippen molar-refractivity contribution in [2.24, 2.45) is 5.73 Å². The number of nitrogens with zero attached hydrogens (tertiary/aromatic N) is 1. The Balaban J connectivity index is 1.67. The van der Waals surface area contributed by atoms with Crippen molar-refractivity contribution in [2.45, 2.75) is 6.42 Å². The van der Waals surface area contributed by atoms with Gasteiger partial charge >= 0.3 is 0 Å². The summed E-state index contributed by atoms with van der Waals surface area (Å²) in [6.07, 6.45) is 2.26. The molecule has 27 heavy (non-hydrogen) atoms. The van der Waals surface area contributed by atoms with Gasteiger partial charge in [-0.05, 0) is 29.8 Å². The van der Waals surface area contributed by atoms with Crippen molar-refractivity contribution in [2.75, 3.05) is 11.9 Å². The molecule has 2 amide bonds. The highest BCUT2D eigenvalue weighted by molar-refractivity contribution is 7.15. The highest BCUT2D eigenvalue weighted by atomic mass is 32.1. The van der Waals surface area contributed by atoms with Crippen LogP contribution >= 0.6 is 11.3 Å². The molecule has 3 rings (SSSR count). The quantitative estimate of drug-likeness (QED) is 0.654. The highest BCUT2D eigenvalue weighted by Crippen LogP contribution is 2.24. The minimum absolute atomic E-state index is 0.261. The van der Waals surface area contributed by atoms with Gasteiger partial charge in [-0.3, -0.25) is 14.9 Å². The summed E-state index contributed by atoms with van der Waals surface area (Å²) >= 11 is 1.33. The number of thiazole rings is 1. The fourth-order valence-corrected chi connectivity index (χ4v) is 3.19. The maximum atomic E-state index is 13.0. The second-order valence-corrected chi connectivity index (χ2v) is 6.76. The molecular weight excluding hydrogens is 369 g/mol. The molecule has 0 aliphatic carbocycles. The summed E-state index contributed by atoms with van der Waals surface area (Å²) in [5.74, 6) is -1.06. The van der Waals surface area contributed by atoms with Crippen LogP contribution in [-0.4, -0.2) is 23.4 Å². The first kappa shape index (κ1) is 18.5. The van der Waals surface area contributed by atoms with E-state index in [-0.39, 0.29) is 23.7 Å². The van der Waals surface area contributed by atoms with Crippen LogP contribution < -0.4 is 15.8 Å². The van der Waals surface area contributed by atoms with Gasteiger partial charge < -0.3 is 10.5 Å². The fraction of sp³-hybridized carbons (Fsp3) is 0.105. The molecule has 0 atom stereocenters. The fourth-order valence-electron chi connectivity index (χ4n) is 2.34. The number of rotatable bonds is 7. The van der Waals surface area contributed by atoms with E-state index < -0.39 is 11.8 Å². The van der Waals surface area contributed by atoms with Crippen LogP contribution in [-0.2, 0) is 11.2 Å². The van der Waals surface area contributed by atoms with Crippen molar-refractivity contribution >= 4 is 28.3 Å². The van der Waals surface area contributed by atoms with Gasteiger partial charge in [-0.1, -0.05) is 24.3 Å². The number of aromatic nitrogens is 1. The number of nitrogens with two attached hydrogens (primary N) is 1. The number of halogens is 1. The average molecular weight is 385 g/mol. The summed E-state index contributed by atoms with van der Waals surface area (Å²) in [6.45, 7) is -0.316. The summed E-state index contributed by atoms with van der Waals surface area (Å²) in [7, 11) is 0. The van der Waals surface area contributed by atoms with Crippen LogP contribution in [0.1, 0.15) is 20.8 Å². The summed E-state index contributed by atoms with van der Waals surface area (Å²) in [6, 6.07) is 12.8. The molecule has 0 bridgehead atoms. The van der Waals surface area contributed by atoms with Gasteiger partial charge in [-0.25, -0.2) is 9.37 Å². The Kier molecular flexibility index (Phi) is 5.77. The van der Waals surface area contributed by atoms with Gasteiger partial charge in [0.05, 0.1) is 5.56 Å². The largest absolute Gasteiger partial charge is 0.483 e. The molecule has 0 aliphatic heterocycles. The lowest BCUT2D eigenvalue weighted by molar-refractivity contribution is -0.119. The summed E-state index contributed by atoms with van der Waals surface area (Å²) in [4.78, 5) is 28.5. The van der Waals surface area contributed by atoms with Crippen molar-refractivity contribution in [3.8, 4) is 5.75 Å². The Morgan fingerprint density at radius 2 is 1.89 bits per heavy atom. The summed E-state index contributed by atoms with van der Waals surface area (Å²) in [5, 5.41) is 3.15. The lowest BCUT2D eigenvalue weighted by Crippen LogP contribution is -2.21. The lowest BCUT2D eigenvalue weighted by Gasteiger charge is -2.09. The molecule has 6 nitrogen and oxygen atoms in total. The van der Waals surface area contributed by atoms with E-state index in [4.69, 9.17) is 10.5 Å². The van der Waals surface area contributed by atoms with Crippen molar-refractivity contribution < 1.29 is 18.7 Å². The predicted molar refractivity (Wildman–Crippen MR) is 100 cm³/mol. The topological polar surface area (TPSA) is 94.3 Å². The average Bonchev–Trinajstić information content (AvgIpc) is 3.09. The van der Waals surface area contributed by atoms with Gasteiger partial charge in [0, 0.05) is 17.5 Å². The number of amides is 2. The van der Waals surface area contributed by atoms with Crippen molar-refractivity contribution in [3.05, 3.63) is 76.5 Å². The summed E-state index contributed by atoms with van der Waals surface area (Å²) < 4.78 is 18.2. The van der Waals surface area contributed by atoms with E-state index in [1.54, 1.807) is 42.6 Å². The van der Waals surface area contributed by atoms with Crippen molar-refractivity contribution in [1.29, 1.82) is 0 Å². The molecule has 8 heteroatoms. The number of hydrogen-bond acceptors (Lipinski definition) is 5. The monoisotopic (exact) mass is 385 g/mol. The molecule has 2 aromatic carbocycles. The van der Waals surface area contributed by atoms with E-state index in [1.807, 2.05) is 0 Å². The van der Waals surface area contributed by atoms with Crippen LogP contribution in [0.3, 0.4) is 0 Å². The third kappa shape index (κ3) is 5.11. The molecule has 0 unspecified atom stereocenters. The number of anilines is 1. The first-order chi connectivity index (χ1) is 13.0. The number of ether oxygens (including phenoxy) is 1. The van der Waals surface area contributed by atoms with E-state index in [2.05, 4.69) is 10.3 Å². The molecule has 0 saturated carbocycles. The molecule has 0 spiro atoms. The van der Waals surface area contributed by atoms with E-state index in [0.29, 0.717) is 11.6 Å². The molecule has 3 aromatic rings. The second-order valence-electron chi connectivity index (χ2n) is 5.64. The van der Waals surface area contributed by atoms with Gasteiger partial charge in [-0.2, -0.15) is 0 Å². The normalized spacial score (nSPS) is 10.4. The van der Waals surface area contributed by atoms with Gasteiger partial charge in [0.25, 0.3) is 11.8 Å². The van der Waals surface area contributed by atoms with Gasteiger partial charge in [0.15, 0.2) is 11.7 Å². The molecule has 0 saturated heterocycles. The molecule has 138 valence electrons. The van der Waals surface area contributed by atoms with E-state index in [1.165, 1.54) is 23.5 Å². The zero-order valence-electron chi connectivity index (χ0n) is 14.1. The Labute approximate surface area is 158 Å². The van der Waals surface area contributed by atoms with Crippen LogP contribution in [0.5, 0.6) is 5.75 Å². The Hall–Kier alpha value is -3.26. The second kappa shape index (κ2) is 8.41. The standard InChI is InChI=1S/C19H16FN3O3S/c20-13-7-5-12(6-8-13)9-14-10-22-19(27-14)23-18(25)15-3-1-2-4-16(15)26-11-17(21)24/h1-8,10H,9,11H2,(H2,21,24)(H,22,23,25). The predicted octanol–water partition coefficient (Wildman–Crippen LogP) is 2.99. The minimum Gasteiger partial charge on any atom is -0.483 e. The molecular formula is C19H16FN3O3S. The van der Waals surface area contributed by atoms with Crippen LogP contribution in [0.25, 0.3) is 0 Å². The number of benzene rings is 2. The summed E-state index contributed by atoms with van der Waals surface area (Å²) in [5.41, 5.74) is 6.29. The van der Waals surface area contributed by atoms with Crippen LogP contribution in [0.15, 0.2) is 54.7 Å². The molecule has 1 heterocycles. The van der Waals surface area contributed by atoms with E-state index in [9.17, 15) is 14.0 Å². The number of hydrogen-bond donors (Lipinski definition) is 2. The van der Waals surface area contributed by atoms with Crippen LogP contribution in [0.4, 0.5) is 9.52 Å². The van der Waals surface area contributed by atoms with E-state index >= 15 is 0 Å². The highest BCUT2D eigenvalue weighted by Gasteiger charge is 2.15. The van der Waals surface area contributed by atoms with Crippen LogP contribution in [0.2, 0.25) is 0 Å². The van der Waals surface area contributed by atoms with E-state index in [0.717, 1.165) is 10.4 Å². The Morgan fingerprint density at radius 3 is 2.63 bits per heavy atom. The smallest absolute Gasteiger partial charge is 0.261 e. The molecule has 0 aliphatic rings. The minimum atomic E-state index is -0.629. The van der Waals surface area contributed by atoms with Gasteiger partial charge in [0.2, 0.25) is 0 Å². The third-order valence-corrected chi connectivity index (χ3v) is 4.48.